The number of hydrogen-bond donors (Lipinski definition) is 0. The van der Waals surface area contributed by atoms with Crippen molar-refractivity contribution in [3.63, 3.8) is 0 Å². The molecule has 0 aliphatic heterocycles. The first kappa shape index (κ1) is 19.5. The van der Waals surface area contributed by atoms with Gasteiger partial charge in [-0.25, -0.2) is 9.50 Å². The minimum atomic E-state index is -2.03. The van der Waals surface area contributed by atoms with Crippen LogP contribution < -0.4 is 20.7 Å². The quantitative estimate of drug-likeness (QED) is 0.383. The normalized spacial score (nSPS) is 11.5. The fourth-order valence-corrected chi connectivity index (χ4v) is 8.18. The Bertz CT molecular complexity index is 1190. The van der Waals surface area contributed by atoms with E-state index in [0.29, 0.717) is 0 Å². The summed E-state index contributed by atoms with van der Waals surface area (Å²) in [6.07, 6.45) is 2.65. The first-order valence-corrected chi connectivity index (χ1v) is 12.2. The summed E-state index contributed by atoms with van der Waals surface area (Å²) in [5, 5.41) is 8.79. The monoisotopic (exact) mass is 424 g/mol. The summed E-state index contributed by atoms with van der Waals surface area (Å²) in [5.41, 5.74) is 0.743. The zero-order chi connectivity index (χ0) is 21.1. The number of pyridine rings is 1. The third kappa shape index (κ3) is 3.49. The van der Waals surface area contributed by atoms with Gasteiger partial charge in [-0.2, -0.15) is 0 Å². The molecule has 4 nitrogen and oxygen atoms in total. The minimum absolute atomic E-state index is 0.726. The predicted octanol–water partition coefficient (Wildman–Crippen LogP) is 4.23. The fourth-order valence-electron chi connectivity index (χ4n) is 4.13. The van der Waals surface area contributed by atoms with Crippen LogP contribution in [0.4, 0.5) is 0 Å². The Balaban J connectivity index is 1.76. The van der Waals surface area contributed by atoms with Gasteiger partial charge in [0.1, 0.15) is 29.3 Å². The van der Waals surface area contributed by atoms with Crippen LogP contribution in [0.2, 0.25) is 0 Å². The average molecular weight is 424 g/mol. The summed E-state index contributed by atoms with van der Waals surface area (Å²) in [7, 11) is -0.368. The van der Waals surface area contributed by atoms with Crippen molar-refractivity contribution in [1.29, 1.82) is 0 Å². The number of ether oxygens (including phenoxy) is 1. The highest BCUT2D eigenvalue weighted by Gasteiger charge is 2.46. The molecule has 0 saturated carbocycles. The number of hydrogen-bond acceptors (Lipinski definition) is 3. The van der Waals surface area contributed by atoms with Gasteiger partial charge in [0.05, 0.1) is 7.11 Å². The maximum absolute atomic E-state index is 5.51. The van der Waals surface area contributed by atoms with E-state index in [-0.39, 0.29) is 0 Å². The Labute approximate surface area is 182 Å². The van der Waals surface area contributed by atoms with E-state index >= 15 is 0 Å². The van der Waals surface area contributed by atoms with Crippen LogP contribution in [-0.4, -0.2) is 21.7 Å². The maximum Gasteiger partial charge on any atom is 0.198 e. The molecule has 0 spiro atoms. The molecule has 5 rings (SSSR count). The van der Waals surface area contributed by atoms with E-state index in [0.717, 1.165) is 23.4 Å². The molecule has 152 valence electrons. The number of methoxy groups -OCH3 is 1. The average Bonchev–Trinajstić information content (AvgIpc) is 3.27. The second-order valence-electron chi connectivity index (χ2n) is 7.35. The summed E-state index contributed by atoms with van der Waals surface area (Å²) in [6.45, 7) is 0. The van der Waals surface area contributed by atoms with Crippen molar-refractivity contribution in [2.45, 2.75) is 6.16 Å². The molecule has 31 heavy (non-hydrogen) atoms. The molecular formula is C26H23N3OP+. The fraction of sp³-hybridized carbons (Fsp3) is 0.0769. The highest BCUT2D eigenvalue weighted by Crippen LogP contribution is 2.57. The van der Waals surface area contributed by atoms with Gasteiger partial charge < -0.3 is 4.74 Å². The molecule has 0 fully saturated rings. The van der Waals surface area contributed by atoms with Gasteiger partial charge in [0.15, 0.2) is 17.2 Å². The highest BCUT2D eigenvalue weighted by atomic mass is 31.2. The lowest BCUT2D eigenvalue weighted by molar-refractivity contribution is 0.416. The Morgan fingerprint density at radius 3 is 1.71 bits per heavy atom. The van der Waals surface area contributed by atoms with Crippen molar-refractivity contribution < 1.29 is 4.74 Å². The van der Waals surface area contributed by atoms with Crippen LogP contribution in [0.15, 0.2) is 109 Å². The van der Waals surface area contributed by atoms with Crippen LogP contribution in [0.25, 0.3) is 5.65 Å². The van der Waals surface area contributed by atoms with Gasteiger partial charge in [-0.15, -0.1) is 5.10 Å². The molecule has 0 bridgehead atoms. The number of rotatable bonds is 6. The van der Waals surface area contributed by atoms with Gasteiger partial charge >= 0.3 is 0 Å². The molecule has 2 aromatic heterocycles. The lowest BCUT2D eigenvalue weighted by atomic mass is 10.4. The van der Waals surface area contributed by atoms with Crippen molar-refractivity contribution in [3.8, 4) is 5.75 Å². The molecule has 2 heterocycles. The topological polar surface area (TPSA) is 39.4 Å². The van der Waals surface area contributed by atoms with Crippen molar-refractivity contribution in [1.82, 2.24) is 14.6 Å². The van der Waals surface area contributed by atoms with Crippen LogP contribution in [0, 0.1) is 0 Å². The van der Waals surface area contributed by atoms with Crippen molar-refractivity contribution >= 4 is 28.8 Å². The second-order valence-corrected chi connectivity index (χ2v) is 10.8. The van der Waals surface area contributed by atoms with Crippen LogP contribution in [0.3, 0.4) is 0 Å². The van der Waals surface area contributed by atoms with Crippen LogP contribution in [0.1, 0.15) is 5.82 Å². The van der Waals surface area contributed by atoms with Gasteiger partial charge in [0.2, 0.25) is 0 Å². The van der Waals surface area contributed by atoms with E-state index in [1.165, 1.54) is 15.9 Å². The van der Waals surface area contributed by atoms with E-state index in [4.69, 9.17) is 14.8 Å². The standard InChI is InChI=1S/C26H23N3OP/c1-30-24-18-11-19-29-26(24)27-25(28-29)20-31(21-12-5-2-6-13-21,22-14-7-3-8-15-22)23-16-9-4-10-17-23/h2-19H,20H2,1H3/q+1. The molecule has 5 heteroatoms. The molecule has 0 saturated heterocycles. The minimum Gasteiger partial charge on any atom is -0.493 e. The number of aromatic nitrogens is 3. The SMILES string of the molecule is COc1cccn2nc(C[P+](c3ccccc3)(c3ccccc3)c3ccccc3)nc12. The van der Waals surface area contributed by atoms with E-state index in [1.807, 2.05) is 22.8 Å². The van der Waals surface area contributed by atoms with E-state index in [1.54, 1.807) is 7.11 Å². The third-order valence-electron chi connectivity index (χ3n) is 5.56. The zero-order valence-electron chi connectivity index (χ0n) is 17.3. The van der Waals surface area contributed by atoms with E-state index in [9.17, 15) is 0 Å². The van der Waals surface area contributed by atoms with Gasteiger partial charge in [0.25, 0.3) is 0 Å². The molecule has 0 radical (unpaired) electrons. The third-order valence-corrected chi connectivity index (χ3v) is 9.86. The Morgan fingerprint density at radius 2 is 1.23 bits per heavy atom. The van der Waals surface area contributed by atoms with Crippen LogP contribution in [0.5, 0.6) is 5.75 Å². The molecular weight excluding hydrogens is 401 g/mol. The van der Waals surface area contributed by atoms with Gasteiger partial charge in [-0.3, -0.25) is 0 Å². The second kappa shape index (κ2) is 8.33. The largest absolute Gasteiger partial charge is 0.493 e. The van der Waals surface area contributed by atoms with Gasteiger partial charge in [-0.05, 0) is 48.5 Å². The summed E-state index contributed by atoms with van der Waals surface area (Å²) in [6, 6.07) is 36.2. The smallest absolute Gasteiger partial charge is 0.198 e. The molecule has 0 N–H and O–H groups in total. The summed E-state index contributed by atoms with van der Waals surface area (Å²) < 4.78 is 7.32. The van der Waals surface area contributed by atoms with Gasteiger partial charge in [-0.1, -0.05) is 54.6 Å². The Hall–Kier alpha value is -3.49. The molecule has 3 aromatic carbocycles. The number of nitrogens with zero attached hydrogens (tertiary/aromatic N) is 3. The highest BCUT2D eigenvalue weighted by molar-refractivity contribution is 7.95. The summed E-state index contributed by atoms with van der Waals surface area (Å²) >= 11 is 0. The van der Waals surface area contributed by atoms with Gasteiger partial charge in [0, 0.05) is 6.20 Å². The first-order valence-electron chi connectivity index (χ1n) is 10.2. The van der Waals surface area contributed by atoms with Crippen molar-refractivity contribution in [2.75, 3.05) is 7.11 Å². The Morgan fingerprint density at radius 1 is 0.710 bits per heavy atom. The predicted molar refractivity (Wildman–Crippen MR) is 128 cm³/mol. The van der Waals surface area contributed by atoms with E-state index < -0.39 is 7.26 Å². The van der Waals surface area contributed by atoms with E-state index in [2.05, 4.69) is 91.0 Å². The molecule has 0 amide bonds. The lowest BCUT2D eigenvalue weighted by Crippen LogP contribution is -2.32. The Kier molecular flexibility index (Phi) is 5.23. The lowest BCUT2D eigenvalue weighted by Gasteiger charge is -2.26. The van der Waals surface area contributed by atoms with Crippen LogP contribution >= 0.6 is 7.26 Å². The number of fused-ring (bicyclic) bond motifs is 1. The van der Waals surface area contributed by atoms with Crippen molar-refractivity contribution in [2.24, 2.45) is 0 Å². The molecule has 5 aromatic rings. The zero-order valence-corrected chi connectivity index (χ0v) is 18.2. The molecule has 0 atom stereocenters. The maximum atomic E-state index is 5.51. The summed E-state index contributed by atoms with van der Waals surface area (Å²) in [4.78, 5) is 4.90. The molecule has 0 aliphatic carbocycles. The van der Waals surface area contributed by atoms with Crippen LogP contribution in [-0.2, 0) is 6.16 Å². The molecule has 0 unspecified atom stereocenters. The summed E-state index contributed by atoms with van der Waals surface area (Å²) in [5.74, 6) is 1.54. The first-order chi connectivity index (χ1) is 15.3. The van der Waals surface area contributed by atoms with Crippen molar-refractivity contribution in [3.05, 3.63) is 115 Å². The number of benzene rings is 3. The molecule has 0 aliphatic rings.